The van der Waals surface area contributed by atoms with Gasteiger partial charge in [0, 0.05) is 12.6 Å². The van der Waals surface area contributed by atoms with Crippen molar-refractivity contribution in [1.29, 1.82) is 0 Å². The molecule has 0 aliphatic carbocycles. The first-order chi connectivity index (χ1) is 12.6. The molecule has 128 valence electrons. The first-order valence-corrected chi connectivity index (χ1v) is 7.98. The fraction of sp³-hybridized carbons (Fsp3) is 0.0500. The van der Waals surface area contributed by atoms with E-state index in [0.717, 1.165) is 11.3 Å². The van der Waals surface area contributed by atoms with Gasteiger partial charge in [-0.1, -0.05) is 30.3 Å². The summed E-state index contributed by atoms with van der Waals surface area (Å²) in [4.78, 5) is 13.8. The molecule has 0 saturated carbocycles. The van der Waals surface area contributed by atoms with E-state index in [2.05, 4.69) is 10.2 Å². The van der Waals surface area contributed by atoms with Crippen molar-refractivity contribution in [3.63, 3.8) is 0 Å². The van der Waals surface area contributed by atoms with Crippen LogP contribution in [0.4, 0.5) is 10.1 Å². The van der Waals surface area contributed by atoms with Crippen molar-refractivity contribution in [3.8, 4) is 11.3 Å². The lowest BCUT2D eigenvalue weighted by molar-refractivity contribution is -0.111. The van der Waals surface area contributed by atoms with Gasteiger partial charge in [-0.2, -0.15) is 5.10 Å². The van der Waals surface area contributed by atoms with Crippen molar-refractivity contribution in [3.05, 3.63) is 77.8 Å². The second-order valence-electron chi connectivity index (χ2n) is 5.76. The molecule has 0 fully saturated rings. The average Bonchev–Trinajstić information content (AvgIpc) is 3.21. The van der Waals surface area contributed by atoms with E-state index in [1.165, 1.54) is 17.2 Å². The predicted octanol–water partition coefficient (Wildman–Crippen LogP) is 3.89. The molecule has 6 heteroatoms. The first-order valence-electron chi connectivity index (χ1n) is 7.98. The fourth-order valence-corrected chi connectivity index (χ4v) is 2.82. The highest BCUT2D eigenvalue weighted by Crippen LogP contribution is 2.28. The van der Waals surface area contributed by atoms with Crippen LogP contribution in [-0.4, -0.2) is 24.9 Å². The molecule has 2 aromatic carbocycles. The Morgan fingerprint density at radius 1 is 1.00 bits per heavy atom. The number of anilines is 1. The number of carbonyl (C=O) groups excluding carboxylic acids is 1. The smallest absolute Gasteiger partial charge is 0.279 e. The average molecular weight is 347 g/mol. The van der Waals surface area contributed by atoms with Gasteiger partial charge in [0.15, 0.2) is 5.71 Å². The summed E-state index contributed by atoms with van der Waals surface area (Å²) in [7, 11) is 1.70. The van der Waals surface area contributed by atoms with Crippen LogP contribution in [0.15, 0.2) is 75.3 Å². The number of benzene rings is 2. The van der Waals surface area contributed by atoms with Gasteiger partial charge in [-0.25, -0.2) is 4.39 Å². The number of nitrogens with zero attached hydrogens (tertiary/aromatic N) is 3. The second kappa shape index (κ2) is 6.40. The Balaban J connectivity index is 1.59. The van der Waals surface area contributed by atoms with Gasteiger partial charge in [0.25, 0.3) is 5.91 Å². The first kappa shape index (κ1) is 16.0. The predicted molar refractivity (Wildman–Crippen MR) is 98.1 cm³/mol. The van der Waals surface area contributed by atoms with Gasteiger partial charge < -0.3 is 9.32 Å². The molecule has 5 nitrogen and oxygen atoms in total. The SMILES string of the molecule is CN1C(=O)/C(=N/N=C\c2ccc(-c3ccccc3F)o2)c2ccccc21. The van der Waals surface area contributed by atoms with E-state index in [1.54, 1.807) is 37.4 Å². The quantitative estimate of drug-likeness (QED) is 0.533. The lowest BCUT2D eigenvalue weighted by atomic mass is 10.1. The van der Waals surface area contributed by atoms with Gasteiger partial charge in [0.05, 0.1) is 17.5 Å². The van der Waals surface area contributed by atoms with Gasteiger partial charge >= 0.3 is 0 Å². The van der Waals surface area contributed by atoms with Crippen molar-refractivity contribution >= 4 is 23.5 Å². The van der Waals surface area contributed by atoms with E-state index in [-0.39, 0.29) is 17.4 Å². The van der Waals surface area contributed by atoms with Gasteiger partial charge in [0.2, 0.25) is 0 Å². The van der Waals surface area contributed by atoms with Crippen LogP contribution in [-0.2, 0) is 4.79 Å². The summed E-state index contributed by atoms with van der Waals surface area (Å²) in [6, 6.07) is 17.1. The van der Waals surface area contributed by atoms with Gasteiger partial charge in [-0.05, 0) is 30.3 Å². The third kappa shape index (κ3) is 2.71. The zero-order valence-corrected chi connectivity index (χ0v) is 13.9. The Labute approximate surface area is 149 Å². The van der Waals surface area contributed by atoms with Crippen LogP contribution in [0.2, 0.25) is 0 Å². The van der Waals surface area contributed by atoms with Crippen LogP contribution in [0.25, 0.3) is 11.3 Å². The van der Waals surface area contributed by atoms with Crippen LogP contribution in [0.1, 0.15) is 11.3 Å². The molecule has 2 heterocycles. The van der Waals surface area contributed by atoms with Gasteiger partial charge in [-0.3, -0.25) is 4.79 Å². The summed E-state index contributed by atoms with van der Waals surface area (Å²) in [5.41, 5.74) is 2.19. The van der Waals surface area contributed by atoms with Gasteiger partial charge in [-0.15, -0.1) is 5.10 Å². The summed E-state index contributed by atoms with van der Waals surface area (Å²) in [5.74, 6) is 0.246. The summed E-state index contributed by atoms with van der Waals surface area (Å²) < 4.78 is 19.4. The van der Waals surface area contributed by atoms with Crippen LogP contribution in [0.3, 0.4) is 0 Å². The highest BCUT2D eigenvalue weighted by Gasteiger charge is 2.30. The maximum atomic E-state index is 13.8. The second-order valence-corrected chi connectivity index (χ2v) is 5.76. The van der Waals surface area contributed by atoms with Crippen LogP contribution >= 0.6 is 0 Å². The van der Waals surface area contributed by atoms with Crippen molar-refractivity contribution in [2.75, 3.05) is 11.9 Å². The Morgan fingerprint density at radius 2 is 1.73 bits per heavy atom. The minimum absolute atomic E-state index is 0.213. The molecular formula is C20H14FN3O2. The summed E-state index contributed by atoms with van der Waals surface area (Å²) in [6.07, 6.45) is 1.39. The molecular weight excluding hydrogens is 333 g/mol. The monoisotopic (exact) mass is 347 g/mol. The van der Waals surface area contributed by atoms with Crippen LogP contribution in [0, 0.1) is 5.82 Å². The summed E-state index contributed by atoms with van der Waals surface area (Å²) >= 11 is 0. The molecule has 0 bridgehead atoms. The molecule has 0 saturated heterocycles. The number of fused-ring (bicyclic) bond motifs is 1. The van der Waals surface area contributed by atoms with Crippen LogP contribution in [0.5, 0.6) is 0 Å². The molecule has 0 N–H and O–H groups in total. The number of amides is 1. The molecule has 0 radical (unpaired) electrons. The van der Waals surface area contributed by atoms with E-state index in [1.807, 2.05) is 24.3 Å². The Morgan fingerprint density at radius 3 is 2.54 bits per heavy atom. The molecule has 1 amide bonds. The minimum atomic E-state index is -0.359. The molecule has 3 aromatic rings. The Kier molecular flexibility index (Phi) is 3.93. The van der Waals surface area contributed by atoms with E-state index in [0.29, 0.717) is 17.1 Å². The highest BCUT2D eigenvalue weighted by atomic mass is 19.1. The standard InChI is InChI=1S/C20H14FN3O2/c1-24-17-9-5-3-7-15(17)19(20(24)25)23-22-12-13-10-11-18(26-13)14-6-2-4-8-16(14)21/h2-12H,1H3/b22-12-,23-19+. The largest absolute Gasteiger partial charge is 0.455 e. The molecule has 0 spiro atoms. The number of rotatable bonds is 3. The Bertz CT molecular complexity index is 1050. The number of furan rings is 1. The Hall–Kier alpha value is -3.54. The highest BCUT2D eigenvalue weighted by molar-refractivity contribution is 6.54. The molecule has 1 aromatic heterocycles. The zero-order valence-electron chi connectivity index (χ0n) is 13.9. The summed E-state index contributed by atoms with van der Waals surface area (Å²) in [6.45, 7) is 0. The number of carbonyl (C=O) groups is 1. The maximum absolute atomic E-state index is 13.8. The fourth-order valence-electron chi connectivity index (χ4n) is 2.82. The van der Waals surface area contributed by atoms with Crippen molar-refractivity contribution in [1.82, 2.24) is 0 Å². The lowest BCUT2D eigenvalue weighted by Crippen LogP contribution is -2.25. The molecule has 26 heavy (non-hydrogen) atoms. The molecule has 0 atom stereocenters. The third-order valence-electron chi connectivity index (χ3n) is 4.14. The number of hydrogen-bond acceptors (Lipinski definition) is 4. The number of halogens is 1. The van der Waals surface area contributed by atoms with Crippen molar-refractivity contribution in [2.45, 2.75) is 0 Å². The zero-order chi connectivity index (χ0) is 18.1. The van der Waals surface area contributed by atoms with E-state index < -0.39 is 0 Å². The third-order valence-corrected chi connectivity index (χ3v) is 4.14. The number of likely N-dealkylation sites (N-methyl/N-ethyl adjacent to an activating group) is 1. The van der Waals surface area contributed by atoms with Crippen molar-refractivity contribution < 1.29 is 13.6 Å². The maximum Gasteiger partial charge on any atom is 0.279 e. The van der Waals surface area contributed by atoms with Crippen molar-refractivity contribution in [2.24, 2.45) is 10.2 Å². The molecule has 1 aliphatic rings. The number of para-hydroxylation sites is 1. The topological polar surface area (TPSA) is 58.2 Å². The molecule has 4 rings (SSSR count). The van der Waals surface area contributed by atoms with Gasteiger partial charge in [0.1, 0.15) is 17.3 Å². The minimum Gasteiger partial charge on any atom is -0.455 e. The van der Waals surface area contributed by atoms with E-state index in [4.69, 9.17) is 4.42 Å². The molecule has 1 aliphatic heterocycles. The van der Waals surface area contributed by atoms with Crippen LogP contribution < -0.4 is 4.90 Å². The normalized spacial score (nSPS) is 15.2. The summed E-state index contributed by atoms with van der Waals surface area (Å²) in [5, 5.41) is 8.02. The number of hydrogen-bond donors (Lipinski definition) is 0. The van der Waals surface area contributed by atoms with E-state index >= 15 is 0 Å². The molecule has 0 unspecified atom stereocenters. The lowest BCUT2D eigenvalue weighted by Gasteiger charge is -2.07. The van der Waals surface area contributed by atoms with E-state index in [9.17, 15) is 9.18 Å².